The van der Waals surface area contributed by atoms with Gasteiger partial charge in [-0.1, -0.05) is 27.7 Å². The fraction of sp³-hybridized carbons (Fsp3) is 0.541. The molecule has 2 aromatic heterocycles. The fourth-order valence-corrected chi connectivity index (χ4v) is 7.02. The molecule has 1 N–H and O–H groups in total. The van der Waals surface area contributed by atoms with Crippen LogP contribution in [-0.4, -0.2) is 68.4 Å². The van der Waals surface area contributed by atoms with E-state index in [2.05, 4.69) is 57.2 Å². The molecular weight excluding hydrogens is 637 g/mol. The van der Waals surface area contributed by atoms with Crippen molar-refractivity contribution < 1.29 is 23.4 Å². The Hall–Kier alpha value is -4.05. The molecule has 0 spiro atoms. The van der Waals surface area contributed by atoms with Crippen LogP contribution in [0.1, 0.15) is 84.0 Å². The minimum Gasteiger partial charge on any atom is -0.480 e. The van der Waals surface area contributed by atoms with Crippen LogP contribution in [0.5, 0.6) is 5.88 Å². The molecule has 1 fully saturated rings. The predicted molar refractivity (Wildman–Crippen MR) is 193 cm³/mol. The number of benzene rings is 1. The number of amides is 1. The maximum atomic E-state index is 13.6. The first-order chi connectivity index (χ1) is 22.9. The van der Waals surface area contributed by atoms with E-state index in [0.717, 1.165) is 42.9 Å². The molecule has 49 heavy (non-hydrogen) atoms. The van der Waals surface area contributed by atoms with Gasteiger partial charge in [0.25, 0.3) is 0 Å². The summed E-state index contributed by atoms with van der Waals surface area (Å²) in [6.45, 7) is 20.8. The van der Waals surface area contributed by atoms with Gasteiger partial charge in [-0.15, -0.1) is 0 Å². The largest absolute Gasteiger partial charge is 0.480 e. The van der Waals surface area contributed by atoms with Crippen molar-refractivity contribution in [3.8, 4) is 23.2 Å². The molecule has 1 aromatic carbocycles. The van der Waals surface area contributed by atoms with Crippen LogP contribution in [-0.2, 0) is 19.3 Å². The number of carbonyl (C=O) groups excluding carboxylic acids is 1. The molecular formula is C37H50N6O5Si. The number of nitrogens with one attached hydrogen (secondary N) is 1. The van der Waals surface area contributed by atoms with Crippen molar-refractivity contribution in [1.82, 2.24) is 15.0 Å². The highest BCUT2D eigenvalue weighted by Crippen LogP contribution is 2.47. The number of anilines is 3. The molecule has 1 atom stereocenters. The Labute approximate surface area is 291 Å². The molecule has 5 rings (SSSR count). The quantitative estimate of drug-likeness (QED) is 0.232. The molecule has 0 radical (unpaired) electrons. The molecule has 0 aliphatic carbocycles. The maximum Gasteiger partial charge on any atom is 0.414 e. The molecule has 2 aliphatic heterocycles. The SMILES string of the molecule is COc1nc(C2CCOCC2)ccc1Nc1nccc(-c2cc(C#N)c3c(c2)[C@@](C)(CO[Si](C)(C)C(C)(C)C)CN3C(=O)OC(C)(C)C)n1. The Morgan fingerprint density at radius 1 is 1.12 bits per heavy atom. The van der Waals surface area contributed by atoms with Crippen LogP contribution < -0.4 is 15.0 Å². The van der Waals surface area contributed by atoms with E-state index in [1.165, 1.54) is 0 Å². The number of fused-ring (bicyclic) bond motifs is 1. The van der Waals surface area contributed by atoms with Gasteiger partial charge >= 0.3 is 6.09 Å². The lowest BCUT2D eigenvalue weighted by molar-refractivity contribution is 0.0575. The topological polar surface area (TPSA) is 132 Å². The second-order valence-electron chi connectivity index (χ2n) is 15.8. The summed E-state index contributed by atoms with van der Waals surface area (Å²) < 4.78 is 23.7. The Balaban J connectivity index is 1.51. The maximum absolute atomic E-state index is 13.6. The van der Waals surface area contributed by atoms with Crippen molar-refractivity contribution in [3.05, 3.63) is 53.3 Å². The smallest absolute Gasteiger partial charge is 0.414 e. The van der Waals surface area contributed by atoms with Gasteiger partial charge < -0.3 is 24.0 Å². The fourth-order valence-electron chi connectivity index (χ4n) is 5.91. The standard InChI is InChI=1S/C37H50N6O5Si/c1-35(2,3)48-34(44)43-22-37(7,23-47-49(9,10)36(4,5)6)27-20-25(19-26(21-38)31(27)43)29-13-16-39-33(41-29)42-30-12-11-28(40-32(30)45-8)24-14-17-46-18-15-24/h11-13,16,19-20,24H,14-15,17-18,22-23H2,1-10H3,(H,39,41,42)/t37-/m1/s1. The summed E-state index contributed by atoms with van der Waals surface area (Å²) in [4.78, 5) is 29.3. The third-order valence-corrected chi connectivity index (χ3v) is 14.2. The Kier molecular flexibility index (Phi) is 10.1. The van der Waals surface area contributed by atoms with Crippen molar-refractivity contribution in [2.75, 3.05) is 43.7 Å². The second kappa shape index (κ2) is 13.7. The summed E-state index contributed by atoms with van der Waals surface area (Å²) in [5.41, 5.74) is 3.41. The third kappa shape index (κ3) is 7.90. The van der Waals surface area contributed by atoms with Crippen molar-refractivity contribution in [2.24, 2.45) is 0 Å². The molecule has 1 amide bonds. The number of aromatic nitrogens is 3. The van der Waals surface area contributed by atoms with Gasteiger partial charge in [-0.05, 0) is 87.6 Å². The van der Waals surface area contributed by atoms with Gasteiger partial charge in [0.2, 0.25) is 11.8 Å². The number of ether oxygens (including phenoxy) is 3. The number of rotatable bonds is 8. The first-order valence-corrected chi connectivity index (χ1v) is 19.8. The van der Waals surface area contributed by atoms with E-state index in [4.69, 9.17) is 28.6 Å². The van der Waals surface area contributed by atoms with Crippen LogP contribution in [0.15, 0.2) is 36.5 Å². The summed E-state index contributed by atoms with van der Waals surface area (Å²) in [7, 11) is -0.547. The lowest BCUT2D eigenvalue weighted by atomic mass is 9.83. The number of nitriles is 1. The molecule has 0 bridgehead atoms. The summed E-state index contributed by atoms with van der Waals surface area (Å²) in [5.74, 6) is 1.14. The Bertz CT molecular complexity index is 1740. The van der Waals surface area contributed by atoms with Gasteiger partial charge in [-0.3, -0.25) is 4.90 Å². The summed E-state index contributed by atoms with van der Waals surface area (Å²) in [5, 5.41) is 13.7. The first-order valence-electron chi connectivity index (χ1n) is 16.9. The molecule has 11 nitrogen and oxygen atoms in total. The molecule has 4 heterocycles. The molecule has 1 saturated heterocycles. The average molecular weight is 687 g/mol. The zero-order chi connectivity index (χ0) is 35.8. The second-order valence-corrected chi connectivity index (χ2v) is 20.6. The monoisotopic (exact) mass is 686 g/mol. The lowest BCUT2D eigenvalue weighted by Gasteiger charge is -2.39. The lowest BCUT2D eigenvalue weighted by Crippen LogP contribution is -2.46. The van der Waals surface area contributed by atoms with Crippen LogP contribution in [0, 0.1) is 11.3 Å². The van der Waals surface area contributed by atoms with E-state index in [-0.39, 0.29) is 5.04 Å². The number of nitrogens with zero attached hydrogens (tertiary/aromatic N) is 5. The van der Waals surface area contributed by atoms with Crippen LogP contribution in [0.3, 0.4) is 0 Å². The number of hydrogen-bond acceptors (Lipinski definition) is 10. The van der Waals surface area contributed by atoms with Crippen molar-refractivity contribution >= 4 is 31.7 Å². The van der Waals surface area contributed by atoms with E-state index in [9.17, 15) is 10.1 Å². The third-order valence-electron chi connectivity index (χ3n) is 9.74. The van der Waals surface area contributed by atoms with Crippen molar-refractivity contribution in [3.63, 3.8) is 0 Å². The minimum absolute atomic E-state index is 0.00300. The van der Waals surface area contributed by atoms with Crippen LogP contribution in [0.2, 0.25) is 18.1 Å². The van der Waals surface area contributed by atoms with Gasteiger partial charge in [0.05, 0.1) is 24.1 Å². The highest BCUT2D eigenvalue weighted by Gasteiger charge is 2.47. The highest BCUT2D eigenvalue weighted by molar-refractivity contribution is 6.74. The Morgan fingerprint density at radius 3 is 2.47 bits per heavy atom. The molecule has 262 valence electrons. The van der Waals surface area contributed by atoms with Gasteiger partial charge in [-0.2, -0.15) is 5.26 Å². The molecule has 12 heteroatoms. The zero-order valence-corrected chi connectivity index (χ0v) is 31.6. The van der Waals surface area contributed by atoms with Gasteiger partial charge in [-0.25, -0.2) is 19.7 Å². The van der Waals surface area contributed by atoms with E-state index >= 15 is 0 Å². The predicted octanol–water partition coefficient (Wildman–Crippen LogP) is 8.09. The number of carbonyl (C=O) groups is 1. The zero-order valence-electron chi connectivity index (χ0n) is 30.6. The highest BCUT2D eigenvalue weighted by atomic mass is 28.4. The molecule has 0 saturated carbocycles. The molecule has 2 aliphatic rings. The molecule has 3 aromatic rings. The number of pyridine rings is 1. The summed E-state index contributed by atoms with van der Waals surface area (Å²) >= 11 is 0. The van der Waals surface area contributed by atoms with Gasteiger partial charge in [0.1, 0.15) is 17.4 Å². The number of hydrogen-bond donors (Lipinski definition) is 1. The summed E-state index contributed by atoms with van der Waals surface area (Å²) in [6.07, 6.45) is 3.04. The number of methoxy groups -OCH3 is 1. The van der Waals surface area contributed by atoms with Crippen molar-refractivity contribution in [2.45, 2.75) is 96.4 Å². The van der Waals surface area contributed by atoms with Crippen LogP contribution in [0.4, 0.5) is 22.1 Å². The van der Waals surface area contributed by atoms with Crippen molar-refractivity contribution in [1.29, 1.82) is 5.26 Å². The van der Waals surface area contributed by atoms with E-state index in [0.29, 0.717) is 53.5 Å². The van der Waals surface area contributed by atoms with Gasteiger partial charge in [0, 0.05) is 55.2 Å². The Morgan fingerprint density at radius 2 is 1.84 bits per heavy atom. The van der Waals surface area contributed by atoms with E-state index in [1.54, 1.807) is 24.3 Å². The first kappa shape index (κ1) is 36.2. The minimum atomic E-state index is -2.14. The van der Waals surface area contributed by atoms with E-state index < -0.39 is 25.4 Å². The molecule has 0 unspecified atom stereocenters. The van der Waals surface area contributed by atoms with Crippen LogP contribution in [0.25, 0.3) is 11.3 Å². The summed E-state index contributed by atoms with van der Waals surface area (Å²) in [6, 6.07) is 11.9. The van der Waals surface area contributed by atoms with Crippen LogP contribution >= 0.6 is 0 Å². The van der Waals surface area contributed by atoms with Gasteiger partial charge in [0.15, 0.2) is 8.32 Å². The normalized spacial score (nSPS) is 18.5. The van der Waals surface area contributed by atoms with E-state index in [1.807, 2.05) is 45.0 Å². The average Bonchev–Trinajstić information content (AvgIpc) is 3.35.